The molecule has 7 nitrogen and oxygen atoms in total. The van der Waals surface area contributed by atoms with Gasteiger partial charge in [-0.25, -0.2) is 0 Å². The highest BCUT2D eigenvalue weighted by atomic mass is 16.3. The zero-order valence-corrected chi connectivity index (χ0v) is 20.8. The number of aliphatic hydroxyl groups excluding tert-OH is 2. The molecule has 7 heteroatoms. The summed E-state index contributed by atoms with van der Waals surface area (Å²) in [4.78, 5) is 13.0. The summed E-state index contributed by atoms with van der Waals surface area (Å²) in [5.74, 6) is 1.28. The lowest BCUT2D eigenvalue weighted by Crippen LogP contribution is -2.51. The zero-order chi connectivity index (χ0) is 24.0. The molecule has 0 aromatic rings. The number of allylic oxidation sites excluding steroid dienone is 1. The van der Waals surface area contributed by atoms with Gasteiger partial charge in [0.05, 0.1) is 12.1 Å². The second-order valence-corrected chi connectivity index (χ2v) is 11.4. The molecular formula is C26H48N4O3. The molecule has 0 saturated heterocycles. The fourth-order valence-electron chi connectivity index (χ4n) is 6.06. The first kappa shape index (κ1) is 26.6. The van der Waals surface area contributed by atoms with Crippen molar-refractivity contribution in [2.24, 2.45) is 34.6 Å². The Kier molecular flexibility index (Phi) is 9.77. The van der Waals surface area contributed by atoms with E-state index in [4.69, 9.17) is 11.5 Å². The standard InChI is InChI=1S/C26H48N4O3/c1-17(2)11-22(25(33)29-15-19-9-6-10-26(16-27)14-20(19)26)30-24(32)13-23(31)21(28)12-18-7-4-3-5-8-18/h9,17-18,20-24,30-32H,3-8,10-16,27-28H2,1-2H3,(H,29,33). The van der Waals surface area contributed by atoms with Crippen LogP contribution in [0.4, 0.5) is 0 Å². The Morgan fingerprint density at radius 3 is 2.61 bits per heavy atom. The van der Waals surface area contributed by atoms with E-state index in [1.165, 1.54) is 37.7 Å². The van der Waals surface area contributed by atoms with Crippen LogP contribution in [0.25, 0.3) is 0 Å². The van der Waals surface area contributed by atoms with Crippen molar-refractivity contribution >= 4 is 5.91 Å². The van der Waals surface area contributed by atoms with Gasteiger partial charge in [-0.15, -0.1) is 0 Å². The minimum absolute atomic E-state index is 0.103. The van der Waals surface area contributed by atoms with Crippen LogP contribution in [-0.4, -0.2) is 53.6 Å². The van der Waals surface area contributed by atoms with Crippen LogP contribution in [0.3, 0.4) is 0 Å². The Balaban J connectivity index is 1.46. The quantitative estimate of drug-likeness (QED) is 0.183. The first-order valence-electron chi connectivity index (χ1n) is 13.3. The molecule has 33 heavy (non-hydrogen) atoms. The predicted molar refractivity (Wildman–Crippen MR) is 132 cm³/mol. The average molecular weight is 465 g/mol. The smallest absolute Gasteiger partial charge is 0.237 e. The molecule has 0 radical (unpaired) electrons. The van der Waals surface area contributed by atoms with E-state index in [2.05, 4.69) is 30.6 Å². The molecule has 0 aromatic heterocycles. The van der Waals surface area contributed by atoms with Gasteiger partial charge in [0, 0.05) is 19.0 Å². The van der Waals surface area contributed by atoms with E-state index in [1.54, 1.807) is 0 Å². The Morgan fingerprint density at radius 2 is 1.94 bits per heavy atom. The second kappa shape index (κ2) is 12.1. The van der Waals surface area contributed by atoms with Crippen molar-refractivity contribution in [1.29, 1.82) is 0 Å². The van der Waals surface area contributed by atoms with E-state index in [0.717, 1.165) is 32.2 Å². The number of aliphatic hydroxyl groups is 2. The molecule has 0 aliphatic heterocycles. The zero-order valence-electron chi connectivity index (χ0n) is 20.8. The Bertz CT molecular complexity index is 664. The van der Waals surface area contributed by atoms with Crippen LogP contribution >= 0.6 is 0 Å². The van der Waals surface area contributed by atoms with Crippen molar-refractivity contribution in [2.75, 3.05) is 13.1 Å². The van der Waals surface area contributed by atoms with Gasteiger partial charge in [0.2, 0.25) is 5.91 Å². The van der Waals surface area contributed by atoms with Crippen molar-refractivity contribution < 1.29 is 15.0 Å². The molecule has 2 fully saturated rings. The number of rotatable bonds is 13. The fraction of sp³-hybridized carbons (Fsp3) is 0.885. The van der Waals surface area contributed by atoms with Crippen molar-refractivity contribution in [3.63, 3.8) is 0 Å². The molecule has 2 saturated carbocycles. The lowest BCUT2D eigenvalue weighted by atomic mass is 9.83. The lowest BCUT2D eigenvalue weighted by molar-refractivity contribution is -0.124. The van der Waals surface area contributed by atoms with Crippen LogP contribution in [0.1, 0.15) is 84.5 Å². The molecule has 3 aliphatic rings. The number of carbonyl (C=O) groups excluding carboxylic acids is 1. The number of hydrogen-bond donors (Lipinski definition) is 6. The van der Waals surface area contributed by atoms with Crippen LogP contribution in [0.2, 0.25) is 0 Å². The van der Waals surface area contributed by atoms with Crippen molar-refractivity contribution in [3.05, 3.63) is 11.6 Å². The highest BCUT2D eigenvalue weighted by molar-refractivity contribution is 5.82. The van der Waals surface area contributed by atoms with Gasteiger partial charge in [-0.05, 0) is 61.8 Å². The van der Waals surface area contributed by atoms with E-state index < -0.39 is 18.4 Å². The monoisotopic (exact) mass is 464 g/mol. The fourth-order valence-corrected chi connectivity index (χ4v) is 6.06. The van der Waals surface area contributed by atoms with Crippen molar-refractivity contribution in [3.8, 4) is 0 Å². The van der Waals surface area contributed by atoms with Crippen LogP contribution < -0.4 is 22.1 Å². The largest absolute Gasteiger partial charge is 0.391 e. The number of hydrogen-bond acceptors (Lipinski definition) is 6. The van der Waals surface area contributed by atoms with E-state index >= 15 is 0 Å². The van der Waals surface area contributed by atoms with Crippen LogP contribution in [0.15, 0.2) is 11.6 Å². The van der Waals surface area contributed by atoms with Gasteiger partial charge in [0.15, 0.2) is 0 Å². The highest BCUT2D eigenvalue weighted by Crippen LogP contribution is 2.60. The molecule has 0 bridgehead atoms. The number of amides is 1. The molecule has 1 amide bonds. The van der Waals surface area contributed by atoms with Gasteiger partial charge in [-0.2, -0.15) is 0 Å². The summed E-state index contributed by atoms with van der Waals surface area (Å²) in [5.41, 5.74) is 13.8. The van der Waals surface area contributed by atoms with Gasteiger partial charge in [0.25, 0.3) is 0 Å². The number of nitrogens with two attached hydrogens (primary N) is 2. The summed E-state index contributed by atoms with van der Waals surface area (Å²) >= 11 is 0. The van der Waals surface area contributed by atoms with Crippen LogP contribution in [0.5, 0.6) is 0 Å². The third-order valence-corrected chi connectivity index (χ3v) is 8.27. The van der Waals surface area contributed by atoms with Crippen LogP contribution in [-0.2, 0) is 4.79 Å². The molecule has 0 spiro atoms. The van der Waals surface area contributed by atoms with Gasteiger partial charge < -0.3 is 27.0 Å². The third-order valence-electron chi connectivity index (χ3n) is 8.27. The molecule has 3 rings (SSSR count). The first-order valence-corrected chi connectivity index (χ1v) is 13.3. The summed E-state index contributed by atoms with van der Waals surface area (Å²) in [6.45, 7) is 5.39. The van der Waals surface area contributed by atoms with E-state index in [0.29, 0.717) is 30.7 Å². The summed E-state index contributed by atoms with van der Waals surface area (Å²) in [6.07, 6.45) is 11.5. The van der Waals surface area contributed by atoms with Gasteiger partial charge in [-0.1, -0.05) is 57.6 Å². The van der Waals surface area contributed by atoms with E-state index in [9.17, 15) is 15.0 Å². The molecule has 190 valence electrons. The summed E-state index contributed by atoms with van der Waals surface area (Å²) in [6, 6.07) is -0.856. The SMILES string of the molecule is CC(C)CC(NC(O)CC(O)C(N)CC1CCCCC1)C(=O)NCC1=CCCC2(CN)CC12. The molecule has 8 N–H and O–H groups in total. The molecule has 0 aromatic carbocycles. The Hall–Kier alpha value is -0.990. The maximum atomic E-state index is 13.0. The molecule has 3 aliphatic carbocycles. The normalized spacial score (nSPS) is 29.1. The Labute approximate surface area is 200 Å². The van der Waals surface area contributed by atoms with Crippen molar-refractivity contribution in [1.82, 2.24) is 10.6 Å². The number of fused-ring (bicyclic) bond motifs is 1. The first-order chi connectivity index (χ1) is 15.7. The highest BCUT2D eigenvalue weighted by Gasteiger charge is 2.55. The molecule has 6 unspecified atom stereocenters. The van der Waals surface area contributed by atoms with Crippen LogP contribution in [0, 0.1) is 23.2 Å². The minimum Gasteiger partial charge on any atom is -0.391 e. The van der Waals surface area contributed by atoms with E-state index in [-0.39, 0.29) is 23.8 Å². The summed E-state index contributed by atoms with van der Waals surface area (Å²) in [5, 5.41) is 27.3. The third kappa shape index (κ3) is 7.49. The van der Waals surface area contributed by atoms with Gasteiger partial charge in [0.1, 0.15) is 6.23 Å². The molecule has 0 heterocycles. The maximum absolute atomic E-state index is 13.0. The molecular weight excluding hydrogens is 416 g/mol. The topological polar surface area (TPSA) is 134 Å². The molecule has 6 atom stereocenters. The summed E-state index contributed by atoms with van der Waals surface area (Å²) < 4.78 is 0. The lowest BCUT2D eigenvalue weighted by Gasteiger charge is -2.29. The second-order valence-electron chi connectivity index (χ2n) is 11.4. The van der Waals surface area contributed by atoms with E-state index in [1.807, 2.05) is 0 Å². The van der Waals surface area contributed by atoms with Gasteiger partial charge in [-0.3, -0.25) is 10.1 Å². The van der Waals surface area contributed by atoms with Gasteiger partial charge >= 0.3 is 0 Å². The number of nitrogens with one attached hydrogen (secondary N) is 2. The summed E-state index contributed by atoms with van der Waals surface area (Å²) in [7, 11) is 0. The Morgan fingerprint density at radius 1 is 1.21 bits per heavy atom. The number of carbonyl (C=O) groups is 1. The van der Waals surface area contributed by atoms with Crippen molar-refractivity contribution in [2.45, 2.75) is 109 Å². The predicted octanol–water partition coefficient (Wildman–Crippen LogP) is 2.16. The maximum Gasteiger partial charge on any atom is 0.237 e. The average Bonchev–Trinajstić information content (AvgIpc) is 3.53. The minimum atomic E-state index is -0.978.